The van der Waals surface area contributed by atoms with Crippen molar-refractivity contribution in [3.63, 3.8) is 0 Å². The van der Waals surface area contributed by atoms with Crippen LogP contribution in [0.5, 0.6) is 0 Å². The van der Waals surface area contributed by atoms with Crippen molar-refractivity contribution in [3.8, 4) is 0 Å². The molecule has 0 spiro atoms. The van der Waals surface area contributed by atoms with E-state index in [1.165, 1.54) is 84.0 Å². The summed E-state index contributed by atoms with van der Waals surface area (Å²) >= 11 is -0.545. The number of unbranched alkanes of at least 4 members (excludes halogenated alkanes) is 3. The van der Waals surface area contributed by atoms with E-state index in [-0.39, 0.29) is 0 Å². The van der Waals surface area contributed by atoms with Crippen LogP contribution in [-0.4, -0.2) is 68.2 Å². The van der Waals surface area contributed by atoms with E-state index in [0.717, 1.165) is 4.06 Å². The molecule has 0 aromatic rings. The number of piperazine rings is 1. The van der Waals surface area contributed by atoms with Crippen LogP contribution in [0.15, 0.2) is 12.7 Å². The average Bonchev–Trinajstić information content (AvgIpc) is 2.61. The molecular formula is C21H42N2Sn. The first-order valence-electron chi connectivity index (χ1n) is 10.4. The topological polar surface area (TPSA) is 6.48 Å². The predicted octanol–water partition coefficient (Wildman–Crippen LogP) is 5.18. The van der Waals surface area contributed by atoms with Crippen molar-refractivity contribution in [2.24, 2.45) is 0 Å². The quantitative estimate of drug-likeness (QED) is 0.287. The molecule has 0 aromatic heterocycles. The molecule has 0 aromatic carbocycles. The molecule has 140 valence electrons. The van der Waals surface area contributed by atoms with Crippen LogP contribution in [0.4, 0.5) is 0 Å². The zero-order valence-electron chi connectivity index (χ0n) is 16.9. The molecule has 0 N–H and O–H groups in total. The molecule has 1 unspecified atom stereocenters. The number of likely N-dealkylation sites (N-methyl/N-ethyl adjacent to an activating group) is 1. The van der Waals surface area contributed by atoms with Gasteiger partial charge in [-0.3, -0.25) is 0 Å². The van der Waals surface area contributed by atoms with E-state index in [4.69, 9.17) is 0 Å². The van der Waals surface area contributed by atoms with Crippen LogP contribution in [0.25, 0.3) is 0 Å². The van der Waals surface area contributed by atoms with Gasteiger partial charge in [0.1, 0.15) is 0 Å². The van der Waals surface area contributed by atoms with Crippen LogP contribution in [0, 0.1) is 0 Å². The Morgan fingerprint density at radius 2 is 1.38 bits per heavy atom. The predicted molar refractivity (Wildman–Crippen MR) is 110 cm³/mol. The Balaban J connectivity index is 2.81. The number of hydrogen-bond acceptors (Lipinski definition) is 2. The van der Waals surface area contributed by atoms with Gasteiger partial charge in [0.15, 0.2) is 0 Å². The monoisotopic (exact) mass is 442 g/mol. The van der Waals surface area contributed by atoms with Crippen molar-refractivity contribution in [1.82, 2.24) is 9.80 Å². The van der Waals surface area contributed by atoms with Gasteiger partial charge in [-0.1, -0.05) is 0 Å². The van der Waals surface area contributed by atoms with Crippen molar-refractivity contribution in [2.45, 2.75) is 86.0 Å². The maximum absolute atomic E-state index is 4.27. The Morgan fingerprint density at radius 1 is 0.917 bits per heavy atom. The summed E-state index contributed by atoms with van der Waals surface area (Å²) in [5.74, 6) is 0. The van der Waals surface area contributed by atoms with Crippen molar-refractivity contribution in [2.75, 3.05) is 33.2 Å². The summed E-state index contributed by atoms with van der Waals surface area (Å²) < 4.78 is 1.46. The van der Waals surface area contributed by atoms with Gasteiger partial charge in [0, 0.05) is 0 Å². The SMILES string of the molecule is C=C[CH]([Sn][C](CCCC)(CCCC)CCCC)N1CCN(C)CC1. The summed E-state index contributed by atoms with van der Waals surface area (Å²) in [5.41, 5.74) is 0. The molecule has 1 aliphatic rings. The molecule has 2 nitrogen and oxygen atoms in total. The van der Waals surface area contributed by atoms with Crippen LogP contribution >= 0.6 is 0 Å². The Hall–Kier alpha value is 0.459. The first-order valence-corrected chi connectivity index (χ1v) is 13.5. The van der Waals surface area contributed by atoms with Crippen LogP contribution in [0.3, 0.4) is 0 Å². The van der Waals surface area contributed by atoms with E-state index in [9.17, 15) is 0 Å². The van der Waals surface area contributed by atoms with Crippen molar-refractivity contribution in [3.05, 3.63) is 12.7 Å². The van der Waals surface area contributed by atoms with E-state index < -0.39 is 21.1 Å². The second-order valence-electron chi connectivity index (χ2n) is 7.76. The maximum atomic E-state index is 4.27. The molecule has 1 heterocycles. The van der Waals surface area contributed by atoms with E-state index >= 15 is 0 Å². The van der Waals surface area contributed by atoms with Crippen LogP contribution in [-0.2, 0) is 0 Å². The minimum atomic E-state index is -0.545. The molecule has 1 atom stereocenters. The molecule has 3 heteroatoms. The number of hydrogen-bond donors (Lipinski definition) is 0. The zero-order valence-corrected chi connectivity index (χ0v) is 19.8. The van der Waals surface area contributed by atoms with Gasteiger partial charge in [-0.25, -0.2) is 0 Å². The van der Waals surface area contributed by atoms with Gasteiger partial charge < -0.3 is 0 Å². The van der Waals surface area contributed by atoms with Gasteiger partial charge in [-0.15, -0.1) is 0 Å². The fourth-order valence-corrected chi connectivity index (χ4v) is 9.98. The molecule has 1 rings (SSSR count). The fraction of sp³-hybridized carbons (Fsp3) is 0.905. The van der Waals surface area contributed by atoms with Crippen molar-refractivity contribution < 1.29 is 0 Å². The fourth-order valence-electron chi connectivity index (χ4n) is 3.85. The molecule has 1 saturated heterocycles. The third kappa shape index (κ3) is 7.78. The van der Waals surface area contributed by atoms with Gasteiger partial charge in [0.25, 0.3) is 0 Å². The van der Waals surface area contributed by atoms with E-state index in [2.05, 4.69) is 50.3 Å². The Kier molecular flexibility index (Phi) is 12.0. The van der Waals surface area contributed by atoms with E-state index in [1.807, 2.05) is 0 Å². The van der Waals surface area contributed by atoms with Crippen LogP contribution in [0.1, 0.15) is 78.6 Å². The molecule has 0 bridgehead atoms. The summed E-state index contributed by atoms with van der Waals surface area (Å²) in [4.78, 5) is 5.25. The summed E-state index contributed by atoms with van der Waals surface area (Å²) in [6, 6.07) is 0. The normalized spacial score (nSPS) is 18.7. The standard InChI is InChI=1S/C13H27.C8H15N2.Sn/c1-4-7-10-13(11-8-5-2)12-9-6-3;1-3-4-10-7-5-9(2)6-8-10;/h4-12H2,1-3H3;3-4H,1,5-8H2,2H3;. The first kappa shape index (κ1) is 22.5. The van der Waals surface area contributed by atoms with Gasteiger partial charge in [-0.05, 0) is 0 Å². The molecule has 1 aliphatic heterocycles. The molecule has 1 fully saturated rings. The average molecular weight is 441 g/mol. The second-order valence-corrected chi connectivity index (χ2v) is 13.3. The Morgan fingerprint density at radius 3 is 1.75 bits per heavy atom. The second kappa shape index (κ2) is 12.8. The van der Waals surface area contributed by atoms with Gasteiger partial charge in [0.2, 0.25) is 0 Å². The van der Waals surface area contributed by atoms with Gasteiger partial charge in [-0.2, -0.15) is 0 Å². The zero-order chi connectivity index (χ0) is 17.8. The van der Waals surface area contributed by atoms with Gasteiger partial charge in [0.05, 0.1) is 0 Å². The summed E-state index contributed by atoms with van der Waals surface area (Å²) in [6.07, 6.45) is 15.2. The summed E-state index contributed by atoms with van der Waals surface area (Å²) in [6.45, 7) is 16.3. The van der Waals surface area contributed by atoms with E-state index in [0.29, 0.717) is 3.43 Å². The molecule has 2 radical (unpaired) electrons. The number of rotatable bonds is 13. The van der Waals surface area contributed by atoms with Crippen LogP contribution < -0.4 is 0 Å². The van der Waals surface area contributed by atoms with Crippen LogP contribution in [0.2, 0.25) is 3.43 Å². The third-order valence-electron chi connectivity index (χ3n) is 5.64. The molecule has 0 saturated carbocycles. The Labute approximate surface area is 162 Å². The Bertz CT molecular complexity index is 302. The molecule has 24 heavy (non-hydrogen) atoms. The first-order chi connectivity index (χ1) is 11.6. The summed E-state index contributed by atoms with van der Waals surface area (Å²) in [7, 11) is 2.26. The van der Waals surface area contributed by atoms with E-state index in [1.54, 1.807) is 0 Å². The number of nitrogens with zero attached hydrogens (tertiary/aromatic N) is 2. The molecule has 0 aliphatic carbocycles. The van der Waals surface area contributed by atoms with Crippen molar-refractivity contribution >= 4 is 21.1 Å². The third-order valence-corrected chi connectivity index (χ3v) is 12.1. The minimum absolute atomic E-state index is 0.545. The summed E-state index contributed by atoms with van der Waals surface area (Å²) in [5, 5.41) is 0. The molecule has 0 amide bonds. The van der Waals surface area contributed by atoms with Gasteiger partial charge >= 0.3 is 163 Å². The van der Waals surface area contributed by atoms with Crippen molar-refractivity contribution in [1.29, 1.82) is 0 Å². The molecular weight excluding hydrogens is 399 g/mol.